The Morgan fingerprint density at radius 1 is 1.30 bits per heavy atom. The second kappa shape index (κ2) is 8.63. The average Bonchev–Trinajstić information content (AvgIpc) is 2.43. The lowest BCUT2D eigenvalue weighted by molar-refractivity contribution is 0.0832. The van der Waals surface area contributed by atoms with Gasteiger partial charge in [0.05, 0.1) is 12.6 Å². The molecule has 0 aliphatic rings. The Kier molecular flexibility index (Phi) is 7.52. The van der Waals surface area contributed by atoms with Crippen LogP contribution < -0.4 is 5.73 Å². The molecule has 0 radical (unpaired) electrons. The lowest BCUT2D eigenvalue weighted by Gasteiger charge is -2.38. The lowest BCUT2D eigenvalue weighted by atomic mass is 9.95. The van der Waals surface area contributed by atoms with Gasteiger partial charge in [0.25, 0.3) is 0 Å². The summed E-state index contributed by atoms with van der Waals surface area (Å²) >= 11 is 6.39. The Labute approximate surface area is 128 Å². The molecule has 0 amide bonds. The van der Waals surface area contributed by atoms with Crippen LogP contribution in [0.4, 0.5) is 0 Å². The molecule has 2 unspecified atom stereocenters. The molecule has 1 aromatic carbocycles. The number of nitrogens with zero attached hydrogens (tertiary/aromatic N) is 1. The molecular weight excluding hydrogens is 272 g/mol. The van der Waals surface area contributed by atoms with Gasteiger partial charge in [0.2, 0.25) is 0 Å². The number of nitrogens with two attached hydrogens (primary N) is 1. The molecule has 0 aliphatic heterocycles. The van der Waals surface area contributed by atoms with Gasteiger partial charge >= 0.3 is 0 Å². The van der Waals surface area contributed by atoms with Gasteiger partial charge in [-0.05, 0) is 31.9 Å². The molecule has 0 bridgehead atoms. The maximum atomic E-state index is 6.39. The van der Waals surface area contributed by atoms with E-state index in [2.05, 4.69) is 31.7 Å². The van der Waals surface area contributed by atoms with Crippen molar-refractivity contribution in [2.75, 3.05) is 20.3 Å². The minimum Gasteiger partial charge on any atom is -0.383 e. The average molecular weight is 299 g/mol. The zero-order chi connectivity index (χ0) is 15.1. The molecule has 2 N–H and O–H groups in total. The minimum absolute atomic E-state index is 0.0501. The molecule has 0 heterocycles. The Bertz CT molecular complexity index is 398. The summed E-state index contributed by atoms with van der Waals surface area (Å²) < 4.78 is 5.24. The van der Waals surface area contributed by atoms with Gasteiger partial charge in [-0.15, -0.1) is 0 Å². The van der Waals surface area contributed by atoms with E-state index in [1.165, 1.54) is 0 Å². The van der Waals surface area contributed by atoms with Crippen molar-refractivity contribution in [1.29, 1.82) is 0 Å². The number of rotatable bonds is 8. The van der Waals surface area contributed by atoms with Crippen LogP contribution in [0.5, 0.6) is 0 Å². The first-order valence-corrected chi connectivity index (χ1v) is 7.65. The fourth-order valence-corrected chi connectivity index (χ4v) is 2.76. The van der Waals surface area contributed by atoms with Gasteiger partial charge < -0.3 is 10.5 Å². The van der Waals surface area contributed by atoms with Crippen LogP contribution in [0.25, 0.3) is 0 Å². The maximum Gasteiger partial charge on any atom is 0.0590 e. The van der Waals surface area contributed by atoms with Crippen molar-refractivity contribution in [3.63, 3.8) is 0 Å². The van der Waals surface area contributed by atoms with Crippen molar-refractivity contribution >= 4 is 11.6 Å². The summed E-state index contributed by atoms with van der Waals surface area (Å²) in [5.41, 5.74) is 7.49. The molecule has 0 aliphatic carbocycles. The highest BCUT2D eigenvalue weighted by Crippen LogP contribution is 2.31. The van der Waals surface area contributed by atoms with Crippen LogP contribution in [0.2, 0.25) is 5.02 Å². The molecule has 1 aromatic rings. The smallest absolute Gasteiger partial charge is 0.0590 e. The Hall–Kier alpha value is -0.610. The summed E-state index contributed by atoms with van der Waals surface area (Å²) in [5, 5.41) is 0.782. The summed E-state index contributed by atoms with van der Waals surface area (Å²) in [6.07, 6.45) is 0.909. The van der Waals surface area contributed by atoms with E-state index in [1.807, 2.05) is 18.2 Å². The third-order valence-electron chi connectivity index (χ3n) is 3.68. The number of hydrogen-bond acceptors (Lipinski definition) is 3. The first-order chi connectivity index (χ1) is 9.52. The number of halogens is 1. The lowest BCUT2D eigenvalue weighted by Crippen LogP contribution is -2.45. The van der Waals surface area contributed by atoms with Crippen molar-refractivity contribution in [1.82, 2.24) is 4.90 Å². The predicted octanol–water partition coefficient (Wildman–Crippen LogP) is 3.48. The molecule has 0 saturated carbocycles. The zero-order valence-electron chi connectivity index (χ0n) is 13.0. The number of hydrogen-bond donors (Lipinski definition) is 1. The Morgan fingerprint density at radius 3 is 2.45 bits per heavy atom. The quantitative estimate of drug-likeness (QED) is 0.798. The summed E-state index contributed by atoms with van der Waals surface area (Å²) in [6, 6.07) is 8.52. The summed E-state index contributed by atoms with van der Waals surface area (Å²) in [5.74, 6) is 0. The van der Waals surface area contributed by atoms with Crippen LogP contribution in [0.15, 0.2) is 24.3 Å². The third-order valence-corrected chi connectivity index (χ3v) is 4.02. The monoisotopic (exact) mass is 298 g/mol. The van der Waals surface area contributed by atoms with Crippen molar-refractivity contribution in [3.05, 3.63) is 34.9 Å². The second-order valence-electron chi connectivity index (χ2n) is 5.36. The fourth-order valence-electron chi connectivity index (χ4n) is 2.51. The van der Waals surface area contributed by atoms with Gasteiger partial charge in [-0.1, -0.05) is 36.7 Å². The van der Waals surface area contributed by atoms with Crippen LogP contribution in [0.1, 0.15) is 38.8 Å². The predicted molar refractivity (Wildman–Crippen MR) is 86.2 cm³/mol. The van der Waals surface area contributed by atoms with E-state index in [4.69, 9.17) is 22.1 Å². The van der Waals surface area contributed by atoms with Gasteiger partial charge in [-0.2, -0.15) is 0 Å². The topological polar surface area (TPSA) is 38.5 Å². The first-order valence-electron chi connectivity index (χ1n) is 7.27. The molecule has 3 nitrogen and oxygen atoms in total. The molecule has 20 heavy (non-hydrogen) atoms. The molecular formula is C16H27ClN2O. The fraction of sp³-hybridized carbons (Fsp3) is 0.625. The normalized spacial score (nSPS) is 14.8. The van der Waals surface area contributed by atoms with E-state index in [1.54, 1.807) is 7.11 Å². The number of methoxy groups -OCH3 is 1. The zero-order valence-corrected chi connectivity index (χ0v) is 13.7. The van der Waals surface area contributed by atoms with E-state index >= 15 is 0 Å². The standard InChI is InChI=1S/C16H27ClN2O/c1-5-15(18)16(13-8-6-7-9-14(13)17)19(12(2)3)10-11-20-4/h6-9,12,15-16H,5,10-11,18H2,1-4H3. The molecule has 1 rings (SSSR count). The summed E-state index contributed by atoms with van der Waals surface area (Å²) in [6.45, 7) is 8.01. The molecule has 2 atom stereocenters. The van der Waals surface area contributed by atoms with Crippen LogP contribution in [0, 0.1) is 0 Å². The summed E-state index contributed by atoms with van der Waals surface area (Å²) in [7, 11) is 1.72. The minimum atomic E-state index is 0.0501. The van der Waals surface area contributed by atoms with Crippen molar-refractivity contribution in [3.8, 4) is 0 Å². The molecule has 0 fully saturated rings. The second-order valence-corrected chi connectivity index (χ2v) is 5.77. The van der Waals surface area contributed by atoms with Crippen molar-refractivity contribution in [2.24, 2.45) is 5.73 Å². The van der Waals surface area contributed by atoms with E-state index in [0.29, 0.717) is 12.6 Å². The molecule has 0 aromatic heterocycles. The van der Waals surface area contributed by atoms with E-state index in [9.17, 15) is 0 Å². The van der Waals surface area contributed by atoms with Gasteiger partial charge in [-0.25, -0.2) is 0 Å². The molecule has 0 saturated heterocycles. The van der Waals surface area contributed by atoms with Crippen molar-refractivity contribution < 1.29 is 4.74 Å². The highest BCUT2D eigenvalue weighted by atomic mass is 35.5. The van der Waals surface area contributed by atoms with E-state index < -0.39 is 0 Å². The van der Waals surface area contributed by atoms with Crippen LogP contribution >= 0.6 is 11.6 Å². The van der Waals surface area contributed by atoms with Crippen LogP contribution in [-0.2, 0) is 4.74 Å². The Balaban J connectivity index is 3.12. The highest BCUT2D eigenvalue weighted by molar-refractivity contribution is 6.31. The number of ether oxygens (including phenoxy) is 1. The third kappa shape index (κ3) is 4.45. The largest absolute Gasteiger partial charge is 0.383 e. The van der Waals surface area contributed by atoms with Gasteiger partial charge in [0.1, 0.15) is 0 Å². The highest BCUT2D eigenvalue weighted by Gasteiger charge is 2.28. The van der Waals surface area contributed by atoms with E-state index in [0.717, 1.165) is 23.6 Å². The van der Waals surface area contributed by atoms with Crippen LogP contribution in [0.3, 0.4) is 0 Å². The van der Waals surface area contributed by atoms with Gasteiger partial charge in [0.15, 0.2) is 0 Å². The first kappa shape index (κ1) is 17.4. The van der Waals surface area contributed by atoms with Gasteiger partial charge in [-0.3, -0.25) is 4.90 Å². The van der Waals surface area contributed by atoms with Crippen molar-refractivity contribution in [2.45, 2.75) is 45.3 Å². The van der Waals surface area contributed by atoms with Crippen LogP contribution in [-0.4, -0.2) is 37.2 Å². The summed E-state index contributed by atoms with van der Waals surface area (Å²) in [4.78, 5) is 2.37. The SMILES string of the molecule is CCC(N)C(c1ccccc1Cl)N(CCOC)C(C)C. The maximum absolute atomic E-state index is 6.39. The molecule has 4 heteroatoms. The Morgan fingerprint density at radius 2 is 1.95 bits per heavy atom. The van der Waals surface area contributed by atoms with Gasteiger partial charge in [0, 0.05) is 30.8 Å². The number of benzene rings is 1. The molecule has 114 valence electrons. The molecule has 0 spiro atoms. The van der Waals surface area contributed by atoms with E-state index in [-0.39, 0.29) is 12.1 Å².